The van der Waals surface area contributed by atoms with Gasteiger partial charge in [-0.15, -0.1) is 0 Å². The van der Waals surface area contributed by atoms with Gasteiger partial charge < -0.3 is 14.5 Å². The number of oxime groups is 1. The zero-order chi connectivity index (χ0) is 40.6. The van der Waals surface area contributed by atoms with Crippen molar-refractivity contribution in [3.05, 3.63) is 136 Å². The van der Waals surface area contributed by atoms with Gasteiger partial charge >= 0.3 is 12.3 Å². The molecule has 0 aliphatic heterocycles. The molecule has 294 valence electrons. The van der Waals surface area contributed by atoms with Gasteiger partial charge in [-0.1, -0.05) is 104 Å². The maximum absolute atomic E-state index is 14.8. The number of aryl methyl sites for hydroxylation is 3. The maximum Gasteiger partial charge on any atom is 0.340 e. The first kappa shape index (κ1) is 39.5. The van der Waals surface area contributed by atoms with Crippen molar-refractivity contribution in [3.63, 3.8) is 0 Å². The van der Waals surface area contributed by atoms with Crippen LogP contribution in [0.4, 0.5) is 17.6 Å². The first-order valence-corrected chi connectivity index (χ1v) is 19.5. The Morgan fingerprint density at radius 3 is 1.84 bits per heavy atom. The fourth-order valence-electron chi connectivity index (χ4n) is 8.46. The minimum atomic E-state index is -4.30. The highest BCUT2D eigenvalue weighted by Gasteiger charge is 2.41. The van der Waals surface area contributed by atoms with Crippen LogP contribution in [-0.2, 0) is 6.54 Å². The summed E-state index contributed by atoms with van der Waals surface area (Å²) in [7, 11) is 0. The highest BCUT2D eigenvalue weighted by atomic mass is 19.3. The molecular formula is C48H46F4N2O3. The molecule has 5 nitrogen and oxygen atoms in total. The molecule has 0 fully saturated rings. The van der Waals surface area contributed by atoms with Crippen LogP contribution < -0.4 is 4.74 Å². The number of benzene rings is 6. The van der Waals surface area contributed by atoms with Gasteiger partial charge in [0.25, 0.3) is 0 Å². The Morgan fingerprint density at radius 2 is 1.32 bits per heavy atom. The number of hydrogen-bond donors (Lipinski definition) is 1. The molecule has 0 bridgehead atoms. The maximum atomic E-state index is 14.8. The van der Waals surface area contributed by atoms with Crippen LogP contribution in [0.1, 0.15) is 83.3 Å². The monoisotopic (exact) mass is 774 g/mol. The Labute approximate surface area is 329 Å². The topological polar surface area (TPSA) is 63.8 Å². The van der Waals surface area contributed by atoms with E-state index in [-0.39, 0.29) is 17.2 Å². The predicted octanol–water partition coefficient (Wildman–Crippen LogP) is 13.0. The lowest BCUT2D eigenvalue weighted by Crippen LogP contribution is -2.33. The number of aromatic nitrogens is 1. The molecule has 7 aromatic rings. The molecular weight excluding hydrogens is 729 g/mol. The standard InChI is InChI=1S/C48H46F4N2O3/c1-6-8-13-31(7-2)26-54-44-36-16-11-9-14-34(36)38(43(53-56)32-18-20-33(21-19-32)57-27-48(51,52)47(49)50)24-39(44)40-25-41(35-15-10-12-17-37(35)45(40)54)46(55)42-29(4)22-28(3)23-30(42)5/h9-12,14-25,31,47,56H,6-8,13,26-27H2,1-5H3/b53-43+. The highest BCUT2D eigenvalue weighted by molar-refractivity contribution is 6.31. The van der Waals surface area contributed by atoms with Crippen molar-refractivity contribution in [2.24, 2.45) is 11.1 Å². The van der Waals surface area contributed by atoms with Crippen LogP contribution in [0.15, 0.2) is 102 Å². The first-order chi connectivity index (χ1) is 27.4. The molecule has 1 aromatic heterocycles. The number of rotatable bonds is 14. The largest absolute Gasteiger partial charge is 0.487 e. The predicted molar refractivity (Wildman–Crippen MR) is 222 cm³/mol. The Kier molecular flexibility index (Phi) is 11.1. The van der Waals surface area contributed by atoms with E-state index in [4.69, 9.17) is 4.74 Å². The summed E-state index contributed by atoms with van der Waals surface area (Å²) in [5, 5.41) is 19.8. The molecule has 0 amide bonds. The third-order valence-electron chi connectivity index (χ3n) is 11.2. The fourth-order valence-corrected chi connectivity index (χ4v) is 8.46. The van der Waals surface area contributed by atoms with E-state index in [9.17, 15) is 27.6 Å². The number of ketones is 1. The smallest absolute Gasteiger partial charge is 0.340 e. The Morgan fingerprint density at radius 1 is 0.772 bits per heavy atom. The van der Waals surface area contributed by atoms with Gasteiger partial charge in [0, 0.05) is 50.3 Å². The summed E-state index contributed by atoms with van der Waals surface area (Å²) >= 11 is 0. The van der Waals surface area contributed by atoms with Crippen molar-refractivity contribution < 1.29 is 32.3 Å². The van der Waals surface area contributed by atoms with Crippen molar-refractivity contribution in [3.8, 4) is 5.75 Å². The van der Waals surface area contributed by atoms with Crippen LogP contribution in [0.2, 0.25) is 0 Å². The number of halogens is 4. The summed E-state index contributed by atoms with van der Waals surface area (Å²) in [4.78, 5) is 14.8. The van der Waals surface area contributed by atoms with Crippen molar-refractivity contribution >= 4 is 54.8 Å². The van der Waals surface area contributed by atoms with Gasteiger partial charge in [-0.25, -0.2) is 8.78 Å². The third kappa shape index (κ3) is 7.36. The van der Waals surface area contributed by atoms with E-state index in [0.717, 1.165) is 92.3 Å². The number of carbonyl (C=O) groups is 1. The lowest BCUT2D eigenvalue weighted by Gasteiger charge is -2.20. The average Bonchev–Trinajstić information content (AvgIpc) is 3.51. The van der Waals surface area contributed by atoms with Crippen molar-refractivity contribution in [1.82, 2.24) is 4.57 Å². The van der Waals surface area contributed by atoms with E-state index >= 15 is 0 Å². The van der Waals surface area contributed by atoms with Crippen LogP contribution in [-0.4, -0.2) is 40.2 Å². The summed E-state index contributed by atoms with van der Waals surface area (Å²) in [5.41, 5.74) is 7.54. The molecule has 0 saturated heterocycles. The Balaban J connectivity index is 1.50. The summed E-state index contributed by atoms with van der Waals surface area (Å²) in [6.45, 7) is 9.71. The van der Waals surface area contributed by atoms with Crippen molar-refractivity contribution in [2.75, 3.05) is 6.61 Å². The zero-order valence-electron chi connectivity index (χ0n) is 32.8. The number of hydrogen-bond acceptors (Lipinski definition) is 4. The molecule has 0 aliphatic rings. The Bertz CT molecular complexity index is 2640. The van der Waals surface area contributed by atoms with E-state index in [1.807, 2.05) is 81.4 Å². The molecule has 1 unspecified atom stereocenters. The van der Waals surface area contributed by atoms with Gasteiger partial charge in [-0.3, -0.25) is 4.79 Å². The van der Waals surface area contributed by atoms with Crippen molar-refractivity contribution in [1.29, 1.82) is 0 Å². The van der Waals surface area contributed by atoms with Gasteiger partial charge in [0.05, 0.1) is 11.0 Å². The van der Waals surface area contributed by atoms with Crippen LogP contribution in [0.5, 0.6) is 5.75 Å². The van der Waals surface area contributed by atoms with E-state index in [1.54, 1.807) is 12.1 Å². The number of alkyl halides is 4. The molecule has 0 saturated carbocycles. The second-order valence-corrected chi connectivity index (χ2v) is 15.2. The van der Waals surface area contributed by atoms with Gasteiger partial charge in [-0.05, 0) is 91.4 Å². The van der Waals surface area contributed by atoms with Crippen LogP contribution in [0.3, 0.4) is 0 Å². The van der Waals surface area contributed by atoms with E-state index in [1.165, 1.54) is 12.1 Å². The first-order valence-electron chi connectivity index (χ1n) is 19.5. The average molecular weight is 775 g/mol. The summed E-state index contributed by atoms with van der Waals surface area (Å²) in [6, 6.07) is 30.0. The molecule has 0 aliphatic carbocycles. The normalized spacial score (nSPS) is 13.1. The number of fused-ring (bicyclic) bond motifs is 7. The van der Waals surface area contributed by atoms with Crippen LogP contribution in [0, 0.1) is 26.7 Å². The number of ether oxygens (including phenoxy) is 1. The lowest BCUT2D eigenvalue weighted by molar-refractivity contribution is -0.148. The number of unbranched alkanes of at least 4 members (excludes halogenated alkanes) is 1. The molecule has 6 aromatic carbocycles. The quantitative estimate of drug-likeness (QED) is 0.0393. The zero-order valence-corrected chi connectivity index (χ0v) is 32.8. The minimum absolute atomic E-state index is 0.0311. The third-order valence-corrected chi connectivity index (χ3v) is 11.2. The fraction of sp³-hybridized carbons (Fsp3) is 0.292. The molecule has 7 rings (SSSR count). The van der Waals surface area contributed by atoms with Gasteiger partial charge in [0.15, 0.2) is 12.4 Å². The lowest BCUT2D eigenvalue weighted by atomic mass is 9.89. The summed E-state index contributed by atoms with van der Waals surface area (Å²) in [6.07, 6.45) is 0.431. The second kappa shape index (κ2) is 16.0. The molecule has 1 heterocycles. The van der Waals surface area contributed by atoms with Crippen molar-refractivity contribution in [2.45, 2.75) is 79.2 Å². The van der Waals surface area contributed by atoms with Gasteiger partial charge in [0.2, 0.25) is 0 Å². The summed E-state index contributed by atoms with van der Waals surface area (Å²) in [5.74, 6) is -3.98. The second-order valence-electron chi connectivity index (χ2n) is 15.2. The van der Waals surface area contributed by atoms with E-state index < -0.39 is 19.0 Å². The molecule has 57 heavy (non-hydrogen) atoms. The van der Waals surface area contributed by atoms with E-state index in [2.05, 4.69) is 35.7 Å². The molecule has 0 spiro atoms. The summed E-state index contributed by atoms with van der Waals surface area (Å²) < 4.78 is 60.1. The number of nitrogens with zero attached hydrogens (tertiary/aromatic N) is 2. The number of carbonyl (C=O) groups excluding carboxylic acids is 1. The van der Waals surface area contributed by atoms with Crippen LogP contribution >= 0.6 is 0 Å². The van der Waals surface area contributed by atoms with E-state index in [0.29, 0.717) is 28.2 Å². The minimum Gasteiger partial charge on any atom is -0.487 e. The van der Waals surface area contributed by atoms with Gasteiger partial charge in [-0.2, -0.15) is 8.78 Å². The Hall–Kier alpha value is -5.70. The van der Waals surface area contributed by atoms with Gasteiger partial charge in [0.1, 0.15) is 11.5 Å². The molecule has 1 atom stereocenters. The molecule has 9 heteroatoms. The highest BCUT2D eigenvalue weighted by Crippen LogP contribution is 2.42. The van der Waals surface area contributed by atoms with Crippen LogP contribution in [0.25, 0.3) is 43.4 Å². The molecule has 0 radical (unpaired) electrons. The SMILES string of the molecule is CCCCC(CC)Cn1c2c3ccccc3c(C(=O)c3c(C)cc(C)cc3C)cc2c2cc(/C(=N/O)c3ccc(OCC(F)(F)C(F)F)cc3)c3ccccc3c21. The molecule has 1 N–H and O–H groups in total.